The Labute approximate surface area is 142 Å². The molecule has 2 aromatic rings. The predicted molar refractivity (Wildman–Crippen MR) is 95.4 cm³/mol. The SMILES string of the molecule is Cc1ccccc1CN(C)C(=O)CO/N=C(/N)Cc1ccccc1. The lowest BCUT2D eigenvalue weighted by Crippen LogP contribution is -2.30. The molecule has 2 aromatic carbocycles. The van der Waals surface area contributed by atoms with E-state index in [1.807, 2.05) is 61.5 Å². The number of carbonyl (C=O) groups is 1. The van der Waals surface area contributed by atoms with E-state index in [-0.39, 0.29) is 12.5 Å². The molecule has 0 heterocycles. The summed E-state index contributed by atoms with van der Waals surface area (Å²) in [7, 11) is 1.75. The molecule has 0 aliphatic rings. The molecule has 126 valence electrons. The minimum atomic E-state index is -0.144. The number of amidine groups is 1. The Bertz CT molecular complexity index is 699. The molecule has 2 N–H and O–H groups in total. The van der Waals surface area contributed by atoms with Crippen LogP contribution in [0.25, 0.3) is 0 Å². The Kier molecular flexibility index (Phi) is 6.37. The molecule has 24 heavy (non-hydrogen) atoms. The molecule has 2 rings (SSSR count). The average Bonchev–Trinajstić information content (AvgIpc) is 2.57. The molecule has 0 aliphatic carbocycles. The van der Waals surface area contributed by atoms with Crippen molar-refractivity contribution in [3.8, 4) is 0 Å². The minimum Gasteiger partial charge on any atom is -0.384 e. The van der Waals surface area contributed by atoms with Crippen molar-refractivity contribution in [1.29, 1.82) is 0 Å². The van der Waals surface area contributed by atoms with Gasteiger partial charge in [0.15, 0.2) is 6.61 Å². The van der Waals surface area contributed by atoms with Gasteiger partial charge in [-0.1, -0.05) is 59.8 Å². The second kappa shape index (κ2) is 8.72. The molecule has 0 radical (unpaired) electrons. The number of benzene rings is 2. The van der Waals surface area contributed by atoms with E-state index >= 15 is 0 Å². The van der Waals surface area contributed by atoms with Gasteiger partial charge in [-0.25, -0.2) is 0 Å². The fraction of sp³-hybridized carbons (Fsp3) is 0.263. The van der Waals surface area contributed by atoms with E-state index in [2.05, 4.69) is 5.16 Å². The Balaban J connectivity index is 1.79. The third-order valence-electron chi connectivity index (χ3n) is 3.69. The number of hydrogen-bond donors (Lipinski definition) is 1. The molecule has 0 saturated heterocycles. The van der Waals surface area contributed by atoms with Crippen LogP contribution in [-0.4, -0.2) is 30.3 Å². The van der Waals surface area contributed by atoms with Crippen LogP contribution in [0, 0.1) is 6.92 Å². The van der Waals surface area contributed by atoms with Crippen molar-refractivity contribution in [3.63, 3.8) is 0 Å². The summed E-state index contributed by atoms with van der Waals surface area (Å²) in [6.45, 7) is 2.44. The molecule has 0 spiro atoms. The highest BCUT2D eigenvalue weighted by Gasteiger charge is 2.11. The first kappa shape index (κ1) is 17.5. The number of rotatable bonds is 7. The fourth-order valence-electron chi connectivity index (χ4n) is 2.25. The van der Waals surface area contributed by atoms with Crippen LogP contribution in [0.4, 0.5) is 0 Å². The van der Waals surface area contributed by atoms with Crippen LogP contribution in [0.3, 0.4) is 0 Å². The lowest BCUT2D eigenvalue weighted by Gasteiger charge is -2.17. The summed E-state index contributed by atoms with van der Waals surface area (Å²) in [5.74, 6) is 0.199. The van der Waals surface area contributed by atoms with Crippen LogP contribution < -0.4 is 5.73 Å². The van der Waals surface area contributed by atoms with Gasteiger partial charge in [0, 0.05) is 20.0 Å². The van der Waals surface area contributed by atoms with Gasteiger partial charge < -0.3 is 15.5 Å². The van der Waals surface area contributed by atoms with Crippen molar-refractivity contribution in [2.45, 2.75) is 19.9 Å². The van der Waals surface area contributed by atoms with E-state index in [0.717, 1.165) is 16.7 Å². The fourth-order valence-corrected chi connectivity index (χ4v) is 2.25. The molecule has 0 fully saturated rings. The molecule has 0 atom stereocenters. The van der Waals surface area contributed by atoms with Crippen LogP contribution in [0.15, 0.2) is 59.8 Å². The second-order valence-electron chi connectivity index (χ2n) is 5.69. The molecule has 0 aliphatic heterocycles. The molecule has 1 amide bonds. The number of amides is 1. The van der Waals surface area contributed by atoms with E-state index in [9.17, 15) is 4.79 Å². The molecule has 5 heteroatoms. The maximum atomic E-state index is 12.1. The van der Waals surface area contributed by atoms with Crippen molar-refractivity contribution in [3.05, 3.63) is 71.3 Å². The third kappa shape index (κ3) is 5.43. The molecular formula is C19H23N3O2. The van der Waals surface area contributed by atoms with Crippen molar-refractivity contribution in [2.75, 3.05) is 13.7 Å². The highest BCUT2D eigenvalue weighted by Crippen LogP contribution is 2.09. The van der Waals surface area contributed by atoms with Crippen LogP contribution in [0.5, 0.6) is 0 Å². The van der Waals surface area contributed by atoms with Crippen LogP contribution in [0.2, 0.25) is 0 Å². The number of hydrogen-bond acceptors (Lipinski definition) is 3. The number of nitrogens with two attached hydrogens (primary N) is 1. The van der Waals surface area contributed by atoms with Crippen molar-refractivity contribution >= 4 is 11.7 Å². The lowest BCUT2D eigenvalue weighted by molar-refractivity contribution is -0.135. The third-order valence-corrected chi connectivity index (χ3v) is 3.69. The average molecular weight is 325 g/mol. The first-order chi connectivity index (χ1) is 11.6. The number of oxime groups is 1. The van der Waals surface area contributed by atoms with E-state index in [1.165, 1.54) is 0 Å². The van der Waals surface area contributed by atoms with E-state index in [1.54, 1.807) is 11.9 Å². The van der Waals surface area contributed by atoms with Gasteiger partial charge in [-0.3, -0.25) is 4.79 Å². The highest BCUT2D eigenvalue weighted by molar-refractivity contribution is 5.82. The van der Waals surface area contributed by atoms with Crippen molar-refractivity contribution in [1.82, 2.24) is 4.90 Å². The molecular weight excluding hydrogens is 302 g/mol. The monoisotopic (exact) mass is 325 g/mol. The minimum absolute atomic E-state index is 0.127. The smallest absolute Gasteiger partial charge is 0.263 e. The number of carbonyl (C=O) groups excluding carboxylic acids is 1. The van der Waals surface area contributed by atoms with E-state index in [4.69, 9.17) is 10.6 Å². The molecule has 0 unspecified atom stereocenters. The summed E-state index contributed by atoms with van der Waals surface area (Å²) in [5, 5.41) is 3.81. The molecule has 0 aromatic heterocycles. The summed E-state index contributed by atoms with van der Waals surface area (Å²) in [6.07, 6.45) is 0.494. The van der Waals surface area contributed by atoms with E-state index in [0.29, 0.717) is 18.8 Å². The Morgan fingerprint density at radius 2 is 1.79 bits per heavy atom. The van der Waals surface area contributed by atoms with Crippen LogP contribution in [0.1, 0.15) is 16.7 Å². The second-order valence-corrected chi connectivity index (χ2v) is 5.69. The Morgan fingerprint density at radius 3 is 2.50 bits per heavy atom. The van der Waals surface area contributed by atoms with Gasteiger partial charge in [0.25, 0.3) is 5.91 Å². The summed E-state index contributed by atoms with van der Waals surface area (Å²) in [4.78, 5) is 18.8. The summed E-state index contributed by atoms with van der Waals surface area (Å²) in [5.41, 5.74) is 9.13. The normalized spacial score (nSPS) is 11.2. The maximum Gasteiger partial charge on any atom is 0.263 e. The van der Waals surface area contributed by atoms with E-state index < -0.39 is 0 Å². The molecule has 0 bridgehead atoms. The zero-order chi connectivity index (χ0) is 17.4. The van der Waals surface area contributed by atoms with Crippen molar-refractivity contribution in [2.24, 2.45) is 10.9 Å². The van der Waals surface area contributed by atoms with Gasteiger partial charge in [-0.05, 0) is 23.6 Å². The summed E-state index contributed by atoms with van der Waals surface area (Å²) in [6, 6.07) is 17.7. The topological polar surface area (TPSA) is 67.9 Å². The number of likely N-dealkylation sites (N-methyl/N-ethyl adjacent to an activating group) is 1. The lowest BCUT2D eigenvalue weighted by atomic mass is 10.1. The van der Waals surface area contributed by atoms with Gasteiger partial charge >= 0.3 is 0 Å². The number of aryl methyl sites for hydroxylation is 1. The zero-order valence-electron chi connectivity index (χ0n) is 14.1. The zero-order valence-corrected chi connectivity index (χ0v) is 14.1. The first-order valence-corrected chi connectivity index (χ1v) is 7.83. The van der Waals surface area contributed by atoms with Gasteiger partial charge in [-0.2, -0.15) is 0 Å². The Morgan fingerprint density at radius 1 is 1.12 bits per heavy atom. The van der Waals surface area contributed by atoms with Gasteiger partial charge in [0.05, 0.1) is 0 Å². The van der Waals surface area contributed by atoms with Gasteiger partial charge in [0.1, 0.15) is 5.84 Å². The molecule has 5 nitrogen and oxygen atoms in total. The van der Waals surface area contributed by atoms with Gasteiger partial charge in [-0.15, -0.1) is 0 Å². The van der Waals surface area contributed by atoms with Gasteiger partial charge in [0.2, 0.25) is 0 Å². The molecule has 0 saturated carbocycles. The number of nitrogens with zero attached hydrogens (tertiary/aromatic N) is 2. The van der Waals surface area contributed by atoms with Crippen LogP contribution >= 0.6 is 0 Å². The predicted octanol–water partition coefficient (Wildman–Crippen LogP) is 2.48. The first-order valence-electron chi connectivity index (χ1n) is 7.83. The van der Waals surface area contributed by atoms with Crippen molar-refractivity contribution < 1.29 is 9.63 Å². The maximum absolute atomic E-state index is 12.1. The summed E-state index contributed by atoms with van der Waals surface area (Å²) < 4.78 is 0. The highest BCUT2D eigenvalue weighted by atomic mass is 16.6. The standard InChI is InChI=1S/C19H23N3O2/c1-15-8-6-7-11-17(15)13-22(2)19(23)14-24-21-18(20)12-16-9-4-3-5-10-16/h3-11H,12-14H2,1-2H3,(H2,20,21). The van der Waals surface area contributed by atoms with Crippen LogP contribution in [-0.2, 0) is 22.6 Å². The Hall–Kier alpha value is -2.82. The largest absolute Gasteiger partial charge is 0.384 e. The quantitative estimate of drug-likeness (QED) is 0.483. The summed E-state index contributed by atoms with van der Waals surface area (Å²) >= 11 is 0.